The molecule has 0 spiro atoms. The summed E-state index contributed by atoms with van der Waals surface area (Å²) in [6, 6.07) is 22.2. The van der Waals surface area contributed by atoms with Crippen LogP contribution in [0.4, 0.5) is 0 Å². The Morgan fingerprint density at radius 1 is 0.826 bits per heavy atom. The first-order chi connectivity index (χ1) is 11.4. The molecule has 1 aliphatic rings. The molecule has 2 aromatic rings. The lowest BCUT2D eigenvalue weighted by atomic mass is 9.96. The van der Waals surface area contributed by atoms with Gasteiger partial charge in [-0.2, -0.15) is 0 Å². The Morgan fingerprint density at radius 2 is 1.35 bits per heavy atom. The number of hydrogen-bond donors (Lipinski definition) is 1. The molecule has 1 saturated heterocycles. The summed E-state index contributed by atoms with van der Waals surface area (Å²) in [6.07, 6.45) is 0. The first-order valence-electron chi connectivity index (χ1n) is 8.59. The van der Waals surface area contributed by atoms with Crippen molar-refractivity contribution in [3.8, 4) is 0 Å². The molecule has 3 heteroatoms. The van der Waals surface area contributed by atoms with Crippen molar-refractivity contribution in [2.75, 3.05) is 46.3 Å². The molecule has 1 aliphatic heterocycles. The van der Waals surface area contributed by atoms with Crippen molar-refractivity contribution in [2.24, 2.45) is 0 Å². The van der Waals surface area contributed by atoms with Gasteiger partial charge in [-0.05, 0) is 18.2 Å². The van der Waals surface area contributed by atoms with E-state index in [9.17, 15) is 0 Å². The quantitative estimate of drug-likeness (QED) is 0.885. The number of hydrogen-bond acceptors (Lipinski definition) is 3. The zero-order chi connectivity index (χ0) is 15.9. The maximum atomic E-state index is 3.25. The van der Waals surface area contributed by atoms with Gasteiger partial charge in [-0.3, -0.25) is 9.80 Å². The van der Waals surface area contributed by atoms with Crippen LogP contribution in [-0.4, -0.2) is 56.1 Å². The first-order valence-corrected chi connectivity index (χ1v) is 8.59. The fourth-order valence-electron chi connectivity index (χ4n) is 3.40. The van der Waals surface area contributed by atoms with E-state index >= 15 is 0 Å². The van der Waals surface area contributed by atoms with Crippen LogP contribution in [-0.2, 0) is 0 Å². The molecule has 3 nitrogen and oxygen atoms in total. The van der Waals surface area contributed by atoms with Gasteiger partial charge in [-0.15, -0.1) is 0 Å². The van der Waals surface area contributed by atoms with E-state index in [4.69, 9.17) is 0 Å². The topological polar surface area (TPSA) is 18.5 Å². The molecule has 0 radical (unpaired) electrons. The molecule has 1 heterocycles. The van der Waals surface area contributed by atoms with E-state index in [0.29, 0.717) is 6.04 Å². The van der Waals surface area contributed by atoms with E-state index in [1.54, 1.807) is 0 Å². The maximum absolute atomic E-state index is 3.25. The Bertz CT molecular complexity index is 522. The highest BCUT2D eigenvalue weighted by molar-refractivity contribution is 5.31. The van der Waals surface area contributed by atoms with E-state index in [2.05, 4.69) is 75.8 Å². The zero-order valence-corrected chi connectivity index (χ0v) is 14.0. The van der Waals surface area contributed by atoms with Crippen molar-refractivity contribution < 1.29 is 0 Å². The van der Waals surface area contributed by atoms with Crippen LogP contribution in [0.2, 0.25) is 0 Å². The normalized spacial score (nSPS) is 16.8. The molecule has 1 N–H and O–H groups in total. The van der Waals surface area contributed by atoms with E-state index in [-0.39, 0.29) is 0 Å². The summed E-state index contributed by atoms with van der Waals surface area (Å²) in [4.78, 5) is 5.18. The van der Waals surface area contributed by atoms with E-state index < -0.39 is 0 Å². The summed E-state index contributed by atoms with van der Waals surface area (Å²) < 4.78 is 0. The van der Waals surface area contributed by atoms with Crippen molar-refractivity contribution in [3.63, 3.8) is 0 Å². The summed E-state index contributed by atoms with van der Waals surface area (Å²) in [5.74, 6) is 0. The fourth-order valence-corrected chi connectivity index (χ4v) is 3.40. The second-order valence-corrected chi connectivity index (χ2v) is 6.21. The van der Waals surface area contributed by atoms with Gasteiger partial charge in [0.2, 0.25) is 0 Å². The molecule has 122 valence electrons. The number of nitrogens with zero attached hydrogens (tertiary/aromatic N) is 2. The highest BCUT2D eigenvalue weighted by Crippen LogP contribution is 2.29. The Hall–Kier alpha value is -1.68. The molecule has 0 saturated carbocycles. The SMILES string of the molecule is CNCCN1CCN(C(c2ccccc2)c2ccccc2)CC1. The summed E-state index contributed by atoms with van der Waals surface area (Å²) in [7, 11) is 2.02. The van der Waals surface area contributed by atoms with Gasteiger partial charge >= 0.3 is 0 Å². The summed E-state index contributed by atoms with van der Waals surface area (Å²) in [6.45, 7) is 6.76. The molecule has 0 unspecified atom stereocenters. The third kappa shape index (κ3) is 4.20. The first kappa shape index (κ1) is 16.2. The summed E-state index contributed by atoms with van der Waals surface area (Å²) >= 11 is 0. The van der Waals surface area contributed by atoms with Gasteiger partial charge < -0.3 is 5.32 Å². The van der Waals surface area contributed by atoms with Gasteiger partial charge in [0.25, 0.3) is 0 Å². The molecule has 23 heavy (non-hydrogen) atoms. The third-order valence-corrected chi connectivity index (χ3v) is 4.68. The average Bonchev–Trinajstić information content (AvgIpc) is 2.63. The minimum atomic E-state index is 0.365. The Labute approximate surface area is 139 Å². The van der Waals surface area contributed by atoms with Crippen molar-refractivity contribution in [1.82, 2.24) is 15.1 Å². The summed E-state index contributed by atoms with van der Waals surface area (Å²) in [5.41, 5.74) is 2.78. The molecule has 0 aliphatic carbocycles. The van der Waals surface area contributed by atoms with Gasteiger partial charge in [0.05, 0.1) is 6.04 Å². The van der Waals surface area contributed by atoms with Crippen LogP contribution in [0.25, 0.3) is 0 Å². The van der Waals surface area contributed by atoms with Gasteiger partial charge in [0.15, 0.2) is 0 Å². The van der Waals surface area contributed by atoms with Crippen LogP contribution in [0.5, 0.6) is 0 Å². The smallest absolute Gasteiger partial charge is 0.0602 e. The van der Waals surface area contributed by atoms with Gasteiger partial charge in [-0.1, -0.05) is 60.7 Å². The number of nitrogens with one attached hydrogen (secondary N) is 1. The van der Waals surface area contributed by atoms with Crippen LogP contribution >= 0.6 is 0 Å². The predicted octanol–water partition coefficient (Wildman–Crippen LogP) is 2.61. The predicted molar refractivity (Wildman–Crippen MR) is 96.7 cm³/mol. The number of rotatable bonds is 6. The van der Waals surface area contributed by atoms with Gasteiger partial charge in [-0.25, -0.2) is 0 Å². The van der Waals surface area contributed by atoms with Crippen molar-refractivity contribution in [1.29, 1.82) is 0 Å². The van der Waals surface area contributed by atoms with Crippen molar-refractivity contribution in [3.05, 3.63) is 71.8 Å². The number of benzene rings is 2. The monoisotopic (exact) mass is 309 g/mol. The molecule has 0 bridgehead atoms. The highest BCUT2D eigenvalue weighted by atomic mass is 15.3. The third-order valence-electron chi connectivity index (χ3n) is 4.68. The van der Waals surface area contributed by atoms with Crippen LogP contribution in [0.1, 0.15) is 17.2 Å². The van der Waals surface area contributed by atoms with E-state index in [1.165, 1.54) is 11.1 Å². The summed E-state index contributed by atoms with van der Waals surface area (Å²) in [5, 5.41) is 3.25. The molecule has 3 rings (SSSR count). The van der Waals surface area contributed by atoms with E-state index in [0.717, 1.165) is 39.3 Å². The zero-order valence-electron chi connectivity index (χ0n) is 14.0. The lowest BCUT2D eigenvalue weighted by Gasteiger charge is -2.39. The van der Waals surface area contributed by atoms with Gasteiger partial charge in [0, 0.05) is 39.3 Å². The number of likely N-dealkylation sites (N-methyl/N-ethyl adjacent to an activating group) is 1. The Balaban J connectivity index is 1.75. The standard InChI is InChI=1S/C20H27N3/c1-21-12-13-22-14-16-23(17-15-22)20(18-8-4-2-5-9-18)19-10-6-3-7-11-19/h2-11,20-21H,12-17H2,1H3. The maximum Gasteiger partial charge on any atom is 0.0602 e. The lowest BCUT2D eigenvalue weighted by molar-refractivity contribution is 0.110. The second kappa shape index (κ2) is 8.25. The van der Waals surface area contributed by atoms with Crippen LogP contribution < -0.4 is 5.32 Å². The minimum absolute atomic E-state index is 0.365. The van der Waals surface area contributed by atoms with E-state index in [1.807, 2.05) is 7.05 Å². The molecule has 1 fully saturated rings. The Morgan fingerprint density at radius 3 is 1.83 bits per heavy atom. The minimum Gasteiger partial charge on any atom is -0.318 e. The molecule has 0 atom stereocenters. The second-order valence-electron chi connectivity index (χ2n) is 6.21. The molecular weight excluding hydrogens is 282 g/mol. The van der Waals surface area contributed by atoms with Crippen molar-refractivity contribution >= 4 is 0 Å². The largest absolute Gasteiger partial charge is 0.318 e. The van der Waals surface area contributed by atoms with Crippen molar-refractivity contribution in [2.45, 2.75) is 6.04 Å². The fraction of sp³-hybridized carbons (Fsp3) is 0.400. The molecule has 2 aromatic carbocycles. The molecule has 0 aromatic heterocycles. The lowest BCUT2D eigenvalue weighted by Crippen LogP contribution is -2.49. The van der Waals surface area contributed by atoms with Crippen LogP contribution in [0.3, 0.4) is 0 Å². The molecule has 0 amide bonds. The van der Waals surface area contributed by atoms with Gasteiger partial charge in [0.1, 0.15) is 0 Å². The Kier molecular flexibility index (Phi) is 5.81. The number of piperazine rings is 1. The average molecular weight is 309 g/mol. The highest BCUT2D eigenvalue weighted by Gasteiger charge is 2.25. The van der Waals surface area contributed by atoms with Crippen LogP contribution in [0.15, 0.2) is 60.7 Å². The van der Waals surface area contributed by atoms with Crippen LogP contribution in [0, 0.1) is 0 Å². The molecular formula is C20H27N3.